The van der Waals surface area contributed by atoms with Crippen LogP contribution in [0.1, 0.15) is 19.7 Å². The van der Waals surface area contributed by atoms with Gasteiger partial charge in [-0.05, 0) is 47.2 Å². The van der Waals surface area contributed by atoms with Gasteiger partial charge in [-0.3, -0.25) is 0 Å². The molecule has 152 valence electrons. The number of nitrogens with one attached hydrogen (secondary N) is 1. The van der Waals surface area contributed by atoms with Gasteiger partial charge in [-0.1, -0.05) is 36.2 Å². The van der Waals surface area contributed by atoms with Crippen LogP contribution in [0.3, 0.4) is 0 Å². The Morgan fingerprint density at radius 2 is 2.07 bits per heavy atom. The normalized spacial score (nSPS) is 11.9. The summed E-state index contributed by atoms with van der Waals surface area (Å²) in [4.78, 5) is 12.1. The van der Waals surface area contributed by atoms with Crippen molar-refractivity contribution >= 4 is 29.3 Å². The molecule has 0 bridgehead atoms. The number of tetrazole rings is 1. The average molecular weight is 436 g/mol. The van der Waals surface area contributed by atoms with Crippen molar-refractivity contribution in [2.24, 2.45) is 0 Å². The molecule has 0 aliphatic carbocycles. The Kier molecular flexibility index (Phi) is 6.68. The van der Waals surface area contributed by atoms with Gasteiger partial charge in [0.1, 0.15) is 5.75 Å². The number of amides is 1. The first-order valence-corrected chi connectivity index (χ1v) is 9.64. The molecule has 0 aliphatic heterocycles. The van der Waals surface area contributed by atoms with Crippen molar-refractivity contribution in [2.75, 3.05) is 6.61 Å². The van der Waals surface area contributed by atoms with Gasteiger partial charge in [0.25, 0.3) is 0 Å². The molecule has 2 N–H and O–H groups in total. The standard InChI is InChI=1S/C19H19Cl2N5O3/c1-3-18-23-24-25-26(18)14-6-12(16-5-4-13(20)8-17(16)21)7-15(9-14)29-19(28)22-11(2)10-27/h4-9,11,27H,3,10H2,1-2H3,(H,22,28). The van der Waals surface area contributed by atoms with Gasteiger partial charge in [0.2, 0.25) is 0 Å². The number of aliphatic hydroxyl groups excluding tert-OH is 1. The monoisotopic (exact) mass is 435 g/mol. The third kappa shape index (κ3) is 5.03. The summed E-state index contributed by atoms with van der Waals surface area (Å²) in [7, 11) is 0. The van der Waals surface area contributed by atoms with E-state index in [2.05, 4.69) is 20.8 Å². The van der Waals surface area contributed by atoms with E-state index in [1.807, 2.05) is 13.0 Å². The summed E-state index contributed by atoms with van der Waals surface area (Å²) in [5.74, 6) is 0.914. The van der Waals surface area contributed by atoms with Crippen molar-refractivity contribution in [2.45, 2.75) is 26.3 Å². The van der Waals surface area contributed by atoms with Crippen LogP contribution >= 0.6 is 23.2 Å². The van der Waals surface area contributed by atoms with Crippen LogP contribution < -0.4 is 10.1 Å². The molecular weight excluding hydrogens is 417 g/mol. The highest BCUT2D eigenvalue weighted by molar-refractivity contribution is 6.36. The van der Waals surface area contributed by atoms with Crippen LogP contribution in [0.15, 0.2) is 36.4 Å². The highest BCUT2D eigenvalue weighted by Crippen LogP contribution is 2.34. The predicted octanol–water partition coefficient (Wildman–Crippen LogP) is 3.67. The van der Waals surface area contributed by atoms with E-state index in [9.17, 15) is 4.79 Å². The molecule has 3 rings (SSSR count). The van der Waals surface area contributed by atoms with Gasteiger partial charge in [-0.15, -0.1) is 5.10 Å². The Morgan fingerprint density at radius 3 is 2.76 bits per heavy atom. The van der Waals surface area contributed by atoms with Gasteiger partial charge in [0, 0.05) is 28.1 Å². The molecule has 1 heterocycles. The van der Waals surface area contributed by atoms with Crippen molar-refractivity contribution in [1.82, 2.24) is 25.5 Å². The van der Waals surface area contributed by atoms with Crippen molar-refractivity contribution < 1.29 is 14.6 Å². The number of ether oxygens (including phenoxy) is 1. The van der Waals surface area contributed by atoms with E-state index in [4.69, 9.17) is 33.0 Å². The van der Waals surface area contributed by atoms with Crippen LogP contribution in [-0.2, 0) is 6.42 Å². The molecule has 1 atom stereocenters. The van der Waals surface area contributed by atoms with E-state index in [1.165, 1.54) is 0 Å². The number of aryl methyl sites for hydroxylation is 1. The summed E-state index contributed by atoms with van der Waals surface area (Å²) < 4.78 is 6.98. The zero-order chi connectivity index (χ0) is 21.0. The van der Waals surface area contributed by atoms with Crippen LogP contribution in [0.2, 0.25) is 10.0 Å². The maximum Gasteiger partial charge on any atom is 0.412 e. The zero-order valence-corrected chi connectivity index (χ0v) is 17.3. The van der Waals surface area contributed by atoms with Gasteiger partial charge in [-0.2, -0.15) is 4.68 Å². The van der Waals surface area contributed by atoms with Crippen LogP contribution in [0.25, 0.3) is 16.8 Å². The molecule has 0 radical (unpaired) electrons. The van der Waals surface area contributed by atoms with Gasteiger partial charge < -0.3 is 15.2 Å². The Hall–Kier alpha value is -2.68. The summed E-state index contributed by atoms with van der Waals surface area (Å²) in [5.41, 5.74) is 2.01. The number of hydrogen-bond acceptors (Lipinski definition) is 6. The molecule has 8 nitrogen and oxygen atoms in total. The molecular formula is C19H19Cl2N5O3. The number of hydrogen-bond donors (Lipinski definition) is 2. The minimum atomic E-state index is -0.690. The first-order valence-electron chi connectivity index (χ1n) is 8.88. The molecule has 3 aromatic rings. The fourth-order valence-electron chi connectivity index (χ4n) is 2.65. The number of aliphatic hydroxyl groups is 1. The smallest absolute Gasteiger partial charge is 0.410 e. The lowest BCUT2D eigenvalue weighted by atomic mass is 10.0. The van der Waals surface area contributed by atoms with E-state index >= 15 is 0 Å². The Bertz CT molecular complexity index is 1020. The Balaban J connectivity index is 2.06. The molecule has 1 aromatic heterocycles. The van der Waals surface area contributed by atoms with Crippen molar-refractivity contribution in [3.8, 4) is 22.6 Å². The second-order valence-corrected chi connectivity index (χ2v) is 7.16. The minimum Gasteiger partial charge on any atom is -0.410 e. The number of benzene rings is 2. The first kappa shape index (κ1) is 21.0. The van der Waals surface area contributed by atoms with Crippen LogP contribution in [0.5, 0.6) is 5.75 Å². The van der Waals surface area contributed by atoms with Crippen molar-refractivity contribution in [1.29, 1.82) is 0 Å². The predicted molar refractivity (Wildman–Crippen MR) is 110 cm³/mol. The van der Waals surface area contributed by atoms with Crippen LogP contribution in [0, 0.1) is 0 Å². The summed E-state index contributed by atoms with van der Waals surface area (Å²) in [6, 6.07) is 9.86. The Morgan fingerprint density at radius 1 is 1.28 bits per heavy atom. The molecule has 1 unspecified atom stereocenters. The Labute approximate surface area is 177 Å². The maximum atomic E-state index is 12.1. The van der Waals surface area contributed by atoms with E-state index in [0.29, 0.717) is 39.1 Å². The molecule has 10 heteroatoms. The number of halogens is 2. The summed E-state index contributed by atoms with van der Waals surface area (Å²) >= 11 is 12.4. The number of rotatable bonds is 6. The number of nitrogens with zero attached hydrogens (tertiary/aromatic N) is 4. The van der Waals surface area contributed by atoms with E-state index in [-0.39, 0.29) is 12.4 Å². The second kappa shape index (κ2) is 9.21. The van der Waals surface area contributed by atoms with Gasteiger partial charge in [-0.25, -0.2) is 4.79 Å². The topological polar surface area (TPSA) is 102 Å². The summed E-state index contributed by atoms with van der Waals surface area (Å²) in [5, 5.41) is 24.3. The lowest BCUT2D eigenvalue weighted by Gasteiger charge is -2.14. The second-order valence-electron chi connectivity index (χ2n) is 6.32. The highest BCUT2D eigenvalue weighted by Gasteiger charge is 2.15. The third-order valence-corrected chi connectivity index (χ3v) is 4.62. The van der Waals surface area contributed by atoms with Gasteiger partial charge in [0.15, 0.2) is 5.82 Å². The SMILES string of the molecule is CCc1nnnn1-c1cc(OC(=O)NC(C)CO)cc(-c2ccc(Cl)cc2Cl)c1. The summed E-state index contributed by atoms with van der Waals surface area (Å²) in [6.07, 6.45) is -0.0758. The minimum absolute atomic E-state index is 0.203. The molecule has 0 aliphatic rings. The van der Waals surface area contributed by atoms with Crippen molar-refractivity contribution in [3.63, 3.8) is 0 Å². The number of carbonyl (C=O) groups excluding carboxylic acids is 1. The fraction of sp³-hybridized carbons (Fsp3) is 0.263. The highest BCUT2D eigenvalue weighted by atomic mass is 35.5. The lowest BCUT2D eigenvalue weighted by molar-refractivity contribution is 0.186. The summed E-state index contributed by atoms with van der Waals surface area (Å²) in [6.45, 7) is 3.39. The molecule has 0 saturated carbocycles. The lowest BCUT2D eigenvalue weighted by Crippen LogP contribution is -2.37. The van der Waals surface area contributed by atoms with Crippen LogP contribution in [-0.4, -0.2) is 44.1 Å². The quantitative estimate of drug-likeness (QED) is 0.612. The molecule has 2 aromatic carbocycles. The molecule has 0 fully saturated rings. The average Bonchev–Trinajstić information content (AvgIpc) is 3.16. The third-order valence-electron chi connectivity index (χ3n) is 4.08. The van der Waals surface area contributed by atoms with E-state index in [1.54, 1.807) is 41.9 Å². The fourth-order valence-corrected chi connectivity index (χ4v) is 3.17. The maximum absolute atomic E-state index is 12.1. The molecule has 0 spiro atoms. The number of carbonyl (C=O) groups is 1. The zero-order valence-electron chi connectivity index (χ0n) is 15.8. The first-order chi connectivity index (χ1) is 13.9. The molecule has 1 amide bonds. The van der Waals surface area contributed by atoms with Crippen molar-refractivity contribution in [3.05, 3.63) is 52.3 Å². The van der Waals surface area contributed by atoms with Gasteiger partial charge in [0.05, 0.1) is 18.3 Å². The van der Waals surface area contributed by atoms with E-state index < -0.39 is 12.1 Å². The molecule has 29 heavy (non-hydrogen) atoms. The number of aromatic nitrogens is 4. The van der Waals surface area contributed by atoms with Gasteiger partial charge >= 0.3 is 6.09 Å². The molecule has 0 saturated heterocycles. The van der Waals surface area contributed by atoms with Crippen LogP contribution in [0.4, 0.5) is 4.79 Å². The largest absolute Gasteiger partial charge is 0.412 e. The van der Waals surface area contributed by atoms with E-state index in [0.717, 1.165) is 0 Å².